The third kappa shape index (κ3) is 13.7. The van der Waals surface area contributed by atoms with Crippen molar-refractivity contribution in [3.05, 3.63) is 0 Å². The van der Waals surface area contributed by atoms with Crippen LogP contribution in [0.15, 0.2) is 0 Å². The second kappa shape index (κ2) is 8.78. The van der Waals surface area contributed by atoms with Crippen molar-refractivity contribution in [1.29, 1.82) is 0 Å². The van der Waals surface area contributed by atoms with E-state index in [9.17, 15) is 4.57 Å². The standard InChI is InChI=1S/C9H21O4P.K.H/c1-7(2)5-9(6-8(3)4)13-14(10,11)12;;/h7-9H,5-6H2,1-4H3,(H2,10,11,12);;. The van der Waals surface area contributed by atoms with Crippen molar-refractivity contribution in [2.75, 3.05) is 0 Å². The van der Waals surface area contributed by atoms with Crippen LogP contribution < -0.4 is 0 Å². The van der Waals surface area contributed by atoms with E-state index in [0.29, 0.717) is 24.7 Å². The van der Waals surface area contributed by atoms with Crippen LogP contribution in [-0.4, -0.2) is 67.3 Å². The quantitative estimate of drug-likeness (QED) is 0.568. The molecule has 0 rings (SSSR count). The van der Waals surface area contributed by atoms with E-state index in [2.05, 4.69) is 0 Å². The van der Waals surface area contributed by atoms with Gasteiger partial charge in [-0.15, -0.1) is 0 Å². The molecule has 0 aliphatic carbocycles. The summed E-state index contributed by atoms with van der Waals surface area (Å²) in [5.41, 5.74) is 0. The van der Waals surface area contributed by atoms with Crippen molar-refractivity contribution in [2.24, 2.45) is 11.8 Å². The van der Waals surface area contributed by atoms with Crippen LogP contribution in [0.25, 0.3) is 0 Å². The van der Waals surface area contributed by atoms with E-state index in [-0.39, 0.29) is 57.5 Å². The van der Waals surface area contributed by atoms with Crippen molar-refractivity contribution < 1.29 is 18.9 Å². The van der Waals surface area contributed by atoms with E-state index in [4.69, 9.17) is 14.3 Å². The average molecular weight is 264 g/mol. The zero-order valence-electron chi connectivity index (χ0n) is 9.30. The Bertz CT molecular complexity index is 192. The molecule has 4 nitrogen and oxygen atoms in total. The van der Waals surface area contributed by atoms with E-state index in [1.807, 2.05) is 27.7 Å². The minimum absolute atomic E-state index is 0. The fourth-order valence-corrected chi connectivity index (χ4v) is 1.99. The Kier molecular flexibility index (Phi) is 11.2. The zero-order valence-corrected chi connectivity index (χ0v) is 10.2. The summed E-state index contributed by atoms with van der Waals surface area (Å²) in [4.78, 5) is 17.4. The van der Waals surface area contributed by atoms with E-state index < -0.39 is 7.82 Å². The topological polar surface area (TPSA) is 66.8 Å². The predicted molar refractivity (Wildman–Crippen MR) is 63.0 cm³/mol. The van der Waals surface area contributed by atoms with Gasteiger partial charge in [0.05, 0.1) is 6.10 Å². The Hall–Kier alpha value is 1.75. The van der Waals surface area contributed by atoms with Gasteiger partial charge in [0, 0.05) is 0 Å². The fourth-order valence-electron chi connectivity index (χ4n) is 1.43. The van der Waals surface area contributed by atoms with E-state index in [0.717, 1.165) is 0 Å². The van der Waals surface area contributed by atoms with Crippen molar-refractivity contribution >= 4 is 59.2 Å². The predicted octanol–water partition coefficient (Wildman–Crippen LogP) is 1.91. The SMILES string of the molecule is CC(C)CC(CC(C)C)OP(=O)(O)O.[KH]. The van der Waals surface area contributed by atoms with Crippen molar-refractivity contribution in [2.45, 2.75) is 46.6 Å². The first-order chi connectivity index (χ1) is 6.20. The van der Waals surface area contributed by atoms with Gasteiger partial charge in [-0.1, -0.05) is 27.7 Å². The first kappa shape index (κ1) is 19.1. The molecule has 0 saturated heterocycles. The molecule has 0 radical (unpaired) electrons. The number of phosphoric ester groups is 1. The van der Waals surface area contributed by atoms with Gasteiger partial charge in [-0.2, -0.15) is 0 Å². The van der Waals surface area contributed by atoms with Crippen LogP contribution in [-0.2, 0) is 9.09 Å². The summed E-state index contributed by atoms with van der Waals surface area (Å²) in [6, 6.07) is 0. The molecule has 0 bridgehead atoms. The second-order valence-corrected chi connectivity index (χ2v) is 5.67. The molecule has 0 aliphatic rings. The van der Waals surface area contributed by atoms with Crippen molar-refractivity contribution in [3.8, 4) is 0 Å². The van der Waals surface area contributed by atoms with Gasteiger partial charge in [-0.25, -0.2) is 4.57 Å². The van der Waals surface area contributed by atoms with Gasteiger partial charge in [0.1, 0.15) is 0 Å². The van der Waals surface area contributed by atoms with Gasteiger partial charge in [0.2, 0.25) is 0 Å². The summed E-state index contributed by atoms with van der Waals surface area (Å²) in [6.45, 7) is 8.04. The van der Waals surface area contributed by atoms with E-state index >= 15 is 0 Å². The first-order valence-corrected chi connectivity index (χ1v) is 6.47. The zero-order chi connectivity index (χ0) is 11.4. The Balaban J connectivity index is 0. The molecular formula is C9H22KO4P. The van der Waals surface area contributed by atoms with Crippen LogP contribution in [0.3, 0.4) is 0 Å². The Morgan fingerprint density at radius 2 is 1.40 bits per heavy atom. The number of hydrogen-bond donors (Lipinski definition) is 2. The molecule has 0 aromatic heterocycles. The minimum atomic E-state index is -4.33. The molecule has 0 unspecified atom stereocenters. The number of rotatable bonds is 6. The molecule has 0 aromatic carbocycles. The van der Waals surface area contributed by atoms with Crippen LogP contribution in [0.1, 0.15) is 40.5 Å². The molecule has 0 heterocycles. The van der Waals surface area contributed by atoms with Crippen LogP contribution >= 0.6 is 7.82 Å². The summed E-state index contributed by atoms with van der Waals surface area (Å²) in [5.74, 6) is 0.760. The Morgan fingerprint density at radius 1 is 1.07 bits per heavy atom. The monoisotopic (exact) mass is 264 g/mol. The Morgan fingerprint density at radius 3 is 1.60 bits per heavy atom. The van der Waals surface area contributed by atoms with Crippen molar-refractivity contribution in [1.82, 2.24) is 0 Å². The average Bonchev–Trinajstić information content (AvgIpc) is 1.77. The maximum absolute atomic E-state index is 10.7. The molecule has 0 saturated carbocycles. The molecule has 0 aromatic rings. The molecule has 88 valence electrons. The molecule has 15 heavy (non-hydrogen) atoms. The molecule has 2 N–H and O–H groups in total. The van der Waals surface area contributed by atoms with E-state index in [1.54, 1.807) is 0 Å². The summed E-state index contributed by atoms with van der Waals surface area (Å²) < 4.78 is 15.4. The van der Waals surface area contributed by atoms with E-state index in [1.165, 1.54) is 0 Å². The van der Waals surface area contributed by atoms with Gasteiger partial charge in [-0.05, 0) is 24.7 Å². The molecule has 0 amide bonds. The Labute approximate surface area is 135 Å². The van der Waals surface area contributed by atoms with Crippen LogP contribution in [0.2, 0.25) is 0 Å². The van der Waals surface area contributed by atoms with Crippen LogP contribution in [0.5, 0.6) is 0 Å². The van der Waals surface area contributed by atoms with Crippen LogP contribution in [0.4, 0.5) is 0 Å². The van der Waals surface area contributed by atoms with Crippen LogP contribution in [0, 0.1) is 11.8 Å². The van der Waals surface area contributed by atoms with Gasteiger partial charge < -0.3 is 9.79 Å². The molecule has 0 aliphatic heterocycles. The van der Waals surface area contributed by atoms with Crippen molar-refractivity contribution in [3.63, 3.8) is 0 Å². The molecule has 0 fully saturated rings. The summed E-state index contributed by atoms with van der Waals surface area (Å²) in [5, 5.41) is 0. The van der Waals surface area contributed by atoms with Gasteiger partial charge >= 0.3 is 59.2 Å². The van der Waals surface area contributed by atoms with Gasteiger partial charge in [0.15, 0.2) is 0 Å². The fraction of sp³-hybridized carbons (Fsp3) is 1.00. The third-order valence-electron chi connectivity index (χ3n) is 1.75. The second-order valence-electron chi connectivity index (χ2n) is 4.48. The summed E-state index contributed by atoms with van der Waals surface area (Å²) in [6.07, 6.45) is 1.03. The first-order valence-electron chi connectivity index (χ1n) is 4.94. The molecule has 6 heteroatoms. The molecule has 0 atom stereocenters. The van der Waals surface area contributed by atoms with Gasteiger partial charge in [-0.3, -0.25) is 4.52 Å². The normalized spacial score (nSPS) is 12.3. The molecular weight excluding hydrogens is 242 g/mol. The number of phosphoric acid groups is 1. The summed E-state index contributed by atoms with van der Waals surface area (Å²) in [7, 11) is -4.33. The third-order valence-corrected chi connectivity index (χ3v) is 2.33. The maximum atomic E-state index is 10.7. The van der Waals surface area contributed by atoms with Gasteiger partial charge in [0.25, 0.3) is 0 Å². The number of hydrogen-bond acceptors (Lipinski definition) is 2. The summed E-state index contributed by atoms with van der Waals surface area (Å²) >= 11 is 0. The molecule has 0 spiro atoms.